The normalized spacial score (nSPS) is 10.9. The Morgan fingerprint density at radius 3 is 2.61 bits per heavy atom. The van der Waals surface area contributed by atoms with Crippen molar-refractivity contribution in [2.75, 3.05) is 0 Å². The lowest BCUT2D eigenvalue weighted by molar-refractivity contribution is 0.614. The first-order valence-corrected chi connectivity index (χ1v) is 6.40. The van der Waals surface area contributed by atoms with Gasteiger partial charge in [-0.1, -0.05) is 6.07 Å². The standard InChI is InChI=1S/C14H16ClFN2/c1-9-4-5-13(16)6-12(9)8-18-11(3)14(7-15)10(2)17-18/h4-6H,7-8H2,1-3H3. The highest BCUT2D eigenvalue weighted by Crippen LogP contribution is 2.18. The minimum Gasteiger partial charge on any atom is -0.265 e. The zero-order valence-corrected chi connectivity index (χ0v) is 11.6. The molecule has 0 spiro atoms. The van der Waals surface area contributed by atoms with Crippen LogP contribution in [0.3, 0.4) is 0 Å². The van der Waals surface area contributed by atoms with E-state index in [0.29, 0.717) is 12.4 Å². The monoisotopic (exact) mass is 266 g/mol. The maximum atomic E-state index is 13.3. The third-order valence-corrected chi connectivity index (χ3v) is 3.56. The van der Waals surface area contributed by atoms with Gasteiger partial charge in [0.2, 0.25) is 0 Å². The van der Waals surface area contributed by atoms with Crippen molar-refractivity contribution in [1.29, 1.82) is 0 Å². The molecular weight excluding hydrogens is 251 g/mol. The average Bonchev–Trinajstić information content (AvgIpc) is 2.59. The molecule has 0 N–H and O–H groups in total. The van der Waals surface area contributed by atoms with E-state index >= 15 is 0 Å². The number of hydrogen-bond acceptors (Lipinski definition) is 1. The van der Waals surface area contributed by atoms with Crippen LogP contribution in [0.25, 0.3) is 0 Å². The van der Waals surface area contributed by atoms with Crippen LogP contribution in [0.4, 0.5) is 4.39 Å². The fraction of sp³-hybridized carbons (Fsp3) is 0.357. The van der Waals surface area contributed by atoms with Crippen molar-refractivity contribution >= 4 is 11.6 Å². The van der Waals surface area contributed by atoms with Gasteiger partial charge in [0.25, 0.3) is 0 Å². The number of aryl methyl sites for hydroxylation is 2. The molecule has 0 aliphatic carbocycles. The van der Waals surface area contributed by atoms with E-state index < -0.39 is 0 Å². The number of benzene rings is 1. The number of aromatic nitrogens is 2. The lowest BCUT2D eigenvalue weighted by Gasteiger charge is -2.08. The van der Waals surface area contributed by atoms with Crippen molar-refractivity contribution in [3.63, 3.8) is 0 Å². The van der Waals surface area contributed by atoms with Crippen molar-refractivity contribution in [3.05, 3.63) is 52.1 Å². The molecule has 0 bridgehead atoms. The van der Waals surface area contributed by atoms with Gasteiger partial charge in [-0.3, -0.25) is 4.68 Å². The van der Waals surface area contributed by atoms with Crippen molar-refractivity contribution in [2.24, 2.45) is 0 Å². The molecule has 2 aromatic rings. The van der Waals surface area contributed by atoms with E-state index in [4.69, 9.17) is 11.6 Å². The van der Waals surface area contributed by atoms with Gasteiger partial charge in [-0.15, -0.1) is 11.6 Å². The molecule has 0 fully saturated rings. The molecule has 0 atom stereocenters. The molecule has 1 aromatic heterocycles. The summed E-state index contributed by atoms with van der Waals surface area (Å²) >= 11 is 5.90. The molecule has 0 amide bonds. The summed E-state index contributed by atoms with van der Waals surface area (Å²) in [4.78, 5) is 0. The van der Waals surface area contributed by atoms with Crippen molar-refractivity contribution < 1.29 is 4.39 Å². The highest BCUT2D eigenvalue weighted by atomic mass is 35.5. The quantitative estimate of drug-likeness (QED) is 0.774. The second kappa shape index (κ2) is 5.11. The van der Waals surface area contributed by atoms with Crippen LogP contribution in [0, 0.1) is 26.6 Å². The largest absolute Gasteiger partial charge is 0.265 e. The highest BCUT2D eigenvalue weighted by molar-refractivity contribution is 6.17. The highest BCUT2D eigenvalue weighted by Gasteiger charge is 2.11. The molecule has 96 valence electrons. The average molecular weight is 267 g/mol. The van der Waals surface area contributed by atoms with Gasteiger partial charge in [0.1, 0.15) is 5.82 Å². The Morgan fingerprint density at radius 1 is 1.28 bits per heavy atom. The van der Waals surface area contributed by atoms with Crippen LogP contribution >= 0.6 is 11.6 Å². The summed E-state index contributed by atoms with van der Waals surface area (Å²) in [6.07, 6.45) is 0. The summed E-state index contributed by atoms with van der Waals surface area (Å²) in [5.41, 5.74) is 5.06. The number of rotatable bonds is 3. The predicted octanol–water partition coefficient (Wildman–Crippen LogP) is 3.73. The van der Waals surface area contributed by atoms with E-state index in [-0.39, 0.29) is 5.82 Å². The Hall–Kier alpha value is -1.35. The van der Waals surface area contributed by atoms with Crippen LogP contribution in [0.1, 0.15) is 28.1 Å². The van der Waals surface area contributed by atoms with Crippen molar-refractivity contribution in [3.8, 4) is 0 Å². The molecule has 0 aliphatic heterocycles. The van der Waals surface area contributed by atoms with E-state index in [2.05, 4.69) is 5.10 Å². The zero-order valence-electron chi connectivity index (χ0n) is 10.8. The number of nitrogens with zero attached hydrogens (tertiary/aromatic N) is 2. The van der Waals surface area contributed by atoms with Gasteiger partial charge in [0.15, 0.2) is 0 Å². The lowest BCUT2D eigenvalue weighted by atomic mass is 10.1. The Morgan fingerprint density at radius 2 is 2.00 bits per heavy atom. The van der Waals surface area contributed by atoms with Crippen LogP contribution in [0.2, 0.25) is 0 Å². The second-order valence-corrected chi connectivity index (χ2v) is 4.78. The summed E-state index contributed by atoms with van der Waals surface area (Å²) in [5.74, 6) is 0.245. The molecule has 0 saturated heterocycles. The Labute approximate surface area is 111 Å². The van der Waals surface area contributed by atoms with E-state index in [1.807, 2.05) is 25.5 Å². The number of halogens is 2. The van der Waals surface area contributed by atoms with Crippen LogP contribution in [0.5, 0.6) is 0 Å². The number of alkyl halides is 1. The zero-order chi connectivity index (χ0) is 13.3. The van der Waals surface area contributed by atoms with Gasteiger partial charge in [-0.25, -0.2) is 4.39 Å². The molecule has 1 heterocycles. The lowest BCUT2D eigenvalue weighted by Crippen LogP contribution is -2.06. The third-order valence-electron chi connectivity index (χ3n) is 3.30. The topological polar surface area (TPSA) is 17.8 Å². The van der Waals surface area contributed by atoms with E-state index in [1.54, 1.807) is 12.1 Å². The predicted molar refractivity (Wildman–Crippen MR) is 71.5 cm³/mol. The molecule has 0 radical (unpaired) electrons. The molecule has 0 unspecified atom stereocenters. The van der Waals surface area contributed by atoms with Gasteiger partial charge >= 0.3 is 0 Å². The van der Waals surface area contributed by atoms with Crippen molar-refractivity contribution in [1.82, 2.24) is 9.78 Å². The molecule has 0 saturated carbocycles. The summed E-state index contributed by atoms with van der Waals surface area (Å²) < 4.78 is 15.1. The van der Waals surface area contributed by atoms with Gasteiger partial charge in [0, 0.05) is 11.3 Å². The van der Waals surface area contributed by atoms with E-state index in [0.717, 1.165) is 28.1 Å². The SMILES string of the molecule is Cc1ccc(F)cc1Cn1nc(C)c(CCl)c1C. The van der Waals surface area contributed by atoms with Gasteiger partial charge in [0.05, 0.1) is 18.1 Å². The van der Waals surface area contributed by atoms with Gasteiger partial charge in [-0.05, 0) is 44.0 Å². The summed E-state index contributed by atoms with van der Waals surface area (Å²) in [5, 5.41) is 4.46. The summed E-state index contributed by atoms with van der Waals surface area (Å²) in [7, 11) is 0. The summed E-state index contributed by atoms with van der Waals surface area (Å²) in [6, 6.07) is 4.83. The molecule has 4 heteroatoms. The van der Waals surface area contributed by atoms with Crippen LogP contribution in [0.15, 0.2) is 18.2 Å². The van der Waals surface area contributed by atoms with E-state index in [9.17, 15) is 4.39 Å². The summed E-state index contributed by atoms with van der Waals surface area (Å²) in [6.45, 7) is 6.49. The Balaban J connectivity index is 2.37. The minimum absolute atomic E-state index is 0.213. The first-order chi connectivity index (χ1) is 8.52. The molecule has 1 aromatic carbocycles. The second-order valence-electron chi connectivity index (χ2n) is 4.51. The molecular formula is C14H16ClFN2. The molecule has 2 nitrogen and oxygen atoms in total. The Kier molecular flexibility index (Phi) is 3.71. The minimum atomic E-state index is -0.213. The first kappa shape index (κ1) is 13.1. The van der Waals surface area contributed by atoms with E-state index in [1.165, 1.54) is 6.07 Å². The van der Waals surface area contributed by atoms with Crippen molar-refractivity contribution in [2.45, 2.75) is 33.2 Å². The molecule has 0 aliphatic rings. The van der Waals surface area contributed by atoms with Gasteiger partial charge in [-0.2, -0.15) is 5.10 Å². The fourth-order valence-electron chi connectivity index (χ4n) is 2.05. The fourth-order valence-corrected chi connectivity index (χ4v) is 2.44. The Bertz CT molecular complexity index is 575. The maximum Gasteiger partial charge on any atom is 0.123 e. The third kappa shape index (κ3) is 2.41. The molecule has 18 heavy (non-hydrogen) atoms. The van der Waals surface area contributed by atoms with Crippen LogP contribution in [-0.2, 0) is 12.4 Å². The van der Waals surface area contributed by atoms with Crippen LogP contribution < -0.4 is 0 Å². The first-order valence-electron chi connectivity index (χ1n) is 5.86. The molecule has 2 rings (SSSR count). The number of hydrogen-bond donors (Lipinski definition) is 0. The maximum absolute atomic E-state index is 13.3. The smallest absolute Gasteiger partial charge is 0.123 e. The van der Waals surface area contributed by atoms with Gasteiger partial charge < -0.3 is 0 Å². The van der Waals surface area contributed by atoms with Crippen LogP contribution in [-0.4, -0.2) is 9.78 Å².